The van der Waals surface area contributed by atoms with Crippen LogP contribution in [-0.4, -0.2) is 35.7 Å². The van der Waals surface area contributed by atoms with Crippen molar-refractivity contribution in [2.45, 2.75) is 56.8 Å². The number of nitrogens with one attached hydrogen (secondary N) is 1. The lowest BCUT2D eigenvalue weighted by Gasteiger charge is -2.37. The van der Waals surface area contributed by atoms with Gasteiger partial charge in [0.05, 0.1) is 23.8 Å². The Morgan fingerprint density at radius 2 is 2.04 bits per heavy atom. The zero-order valence-corrected chi connectivity index (χ0v) is 13.4. The lowest BCUT2D eigenvalue weighted by molar-refractivity contribution is -0.183. The zero-order chi connectivity index (χ0) is 17.2. The van der Waals surface area contributed by atoms with Gasteiger partial charge in [0, 0.05) is 18.8 Å². The van der Waals surface area contributed by atoms with E-state index >= 15 is 0 Å². The van der Waals surface area contributed by atoms with Gasteiger partial charge in [0.25, 0.3) is 0 Å². The summed E-state index contributed by atoms with van der Waals surface area (Å²) in [6.07, 6.45) is 2.16. The zero-order valence-electron chi connectivity index (χ0n) is 13.4. The fourth-order valence-electron chi connectivity index (χ4n) is 3.72. The molecule has 0 spiro atoms. The third-order valence-electron chi connectivity index (χ3n) is 4.97. The van der Waals surface area contributed by atoms with Crippen molar-refractivity contribution in [1.29, 1.82) is 0 Å². The number of hydrogen-bond donors (Lipinski definition) is 1. The number of alkyl halides is 3. The number of piperidine rings is 1. The van der Waals surface area contributed by atoms with Crippen LogP contribution in [0, 0.1) is 5.92 Å². The first-order valence-electron chi connectivity index (χ1n) is 8.49. The topological polar surface area (TPSA) is 45.2 Å². The Balaban J connectivity index is 1.63. The Bertz CT molecular complexity index is 564. The molecular weight excluding hydrogens is 319 g/mol. The van der Waals surface area contributed by atoms with E-state index in [2.05, 4.69) is 10.3 Å². The molecule has 3 atom stereocenters. The molecule has 1 aromatic rings. The first-order chi connectivity index (χ1) is 11.4. The summed E-state index contributed by atoms with van der Waals surface area (Å²) in [6, 6.07) is 2.95. The largest absolute Gasteiger partial charge is 0.391 e. The van der Waals surface area contributed by atoms with Gasteiger partial charge in [-0.05, 0) is 44.2 Å². The number of halogens is 3. The van der Waals surface area contributed by atoms with E-state index in [0.29, 0.717) is 25.8 Å². The van der Waals surface area contributed by atoms with Crippen LogP contribution in [0.1, 0.15) is 38.5 Å². The molecule has 24 heavy (non-hydrogen) atoms. The summed E-state index contributed by atoms with van der Waals surface area (Å²) in [5, 5.41) is 3.20. The van der Waals surface area contributed by atoms with Gasteiger partial charge in [0.1, 0.15) is 0 Å². The van der Waals surface area contributed by atoms with E-state index in [1.165, 1.54) is 0 Å². The summed E-state index contributed by atoms with van der Waals surface area (Å²) in [7, 11) is 0. The first kappa shape index (κ1) is 17.2. The highest BCUT2D eigenvalue weighted by atomic mass is 19.4. The molecule has 2 aliphatic rings. The molecule has 0 aromatic carbocycles. The van der Waals surface area contributed by atoms with Gasteiger partial charge in [-0.15, -0.1) is 0 Å². The fraction of sp³-hybridized carbons (Fsp3) is 0.647. The van der Waals surface area contributed by atoms with Gasteiger partial charge < -0.3 is 10.2 Å². The van der Waals surface area contributed by atoms with Crippen molar-refractivity contribution in [3.63, 3.8) is 0 Å². The summed E-state index contributed by atoms with van der Waals surface area (Å²) in [5.74, 6) is -1.32. The highest BCUT2D eigenvalue weighted by Crippen LogP contribution is 2.37. The fourth-order valence-corrected chi connectivity index (χ4v) is 3.72. The number of rotatable bonds is 3. The van der Waals surface area contributed by atoms with E-state index in [4.69, 9.17) is 0 Å². The van der Waals surface area contributed by atoms with Gasteiger partial charge in [-0.2, -0.15) is 13.2 Å². The Hall–Kier alpha value is -1.63. The van der Waals surface area contributed by atoms with E-state index in [1.807, 2.05) is 6.07 Å². The Kier molecular flexibility index (Phi) is 5.08. The second-order valence-corrected chi connectivity index (χ2v) is 6.66. The van der Waals surface area contributed by atoms with E-state index in [1.54, 1.807) is 23.4 Å². The van der Waals surface area contributed by atoms with Gasteiger partial charge in [0.2, 0.25) is 5.91 Å². The van der Waals surface area contributed by atoms with Crippen molar-refractivity contribution in [1.82, 2.24) is 10.3 Å². The van der Waals surface area contributed by atoms with Crippen LogP contribution in [0.2, 0.25) is 0 Å². The molecule has 0 bridgehead atoms. The SMILES string of the molecule is O=C1[C@H](N[C@@H]2CCC[C@H](C(F)(F)F)C2)CCCN1c1cccnc1. The number of aromatic nitrogens is 1. The van der Waals surface area contributed by atoms with E-state index in [9.17, 15) is 18.0 Å². The van der Waals surface area contributed by atoms with Gasteiger partial charge in [-0.3, -0.25) is 9.78 Å². The Morgan fingerprint density at radius 1 is 1.21 bits per heavy atom. The van der Waals surface area contributed by atoms with Crippen molar-refractivity contribution in [2.24, 2.45) is 5.92 Å². The maximum Gasteiger partial charge on any atom is 0.391 e. The highest BCUT2D eigenvalue weighted by molar-refractivity contribution is 5.97. The quantitative estimate of drug-likeness (QED) is 0.918. The van der Waals surface area contributed by atoms with E-state index in [-0.39, 0.29) is 24.8 Å². The number of hydrogen-bond acceptors (Lipinski definition) is 3. The minimum atomic E-state index is -4.14. The molecule has 1 aliphatic carbocycles. The van der Waals surface area contributed by atoms with Crippen LogP contribution < -0.4 is 10.2 Å². The minimum Gasteiger partial charge on any atom is -0.310 e. The van der Waals surface area contributed by atoms with Crippen LogP contribution in [0.4, 0.5) is 18.9 Å². The number of anilines is 1. The molecule has 1 saturated heterocycles. The molecule has 0 unspecified atom stereocenters. The monoisotopic (exact) mass is 341 g/mol. The van der Waals surface area contributed by atoms with Crippen molar-refractivity contribution >= 4 is 11.6 Å². The molecule has 2 heterocycles. The van der Waals surface area contributed by atoms with E-state index < -0.39 is 18.1 Å². The molecular formula is C17H22F3N3O. The Morgan fingerprint density at radius 3 is 2.75 bits per heavy atom. The Labute approximate surface area is 139 Å². The van der Waals surface area contributed by atoms with Gasteiger partial charge >= 0.3 is 6.18 Å². The maximum absolute atomic E-state index is 12.9. The molecule has 1 saturated carbocycles. The lowest BCUT2D eigenvalue weighted by atomic mass is 9.84. The molecule has 3 rings (SSSR count). The molecule has 4 nitrogen and oxygen atoms in total. The van der Waals surface area contributed by atoms with Crippen LogP contribution >= 0.6 is 0 Å². The summed E-state index contributed by atoms with van der Waals surface area (Å²) in [6.45, 7) is 0.624. The van der Waals surface area contributed by atoms with Crippen LogP contribution in [-0.2, 0) is 4.79 Å². The first-order valence-corrected chi connectivity index (χ1v) is 8.49. The standard InChI is InChI=1S/C17H22F3N3O/c18-17(19,20)12-4-1-5-13(10-12)22-15-7-3-9-23(16(15)24)14-6-2-8-21-11-14/h2,6,8,11-13,15,22H,1,3-5,7,9-10H2/t12-,13+,15+/m0/s1. The molecule has 2 fully saturated rings. The van der Waals surface area contributed by atoms with Crippen molar-refractivity contribution in [3.05, 3.63) is 24.5 Å². The van der Waals surface area contributed by atoms with Crippen molar-refractivity contribution in [3.8, 4) is 0 Å². The molecule has 1 N–H and O–H groups in total. The molecule has 1 aromatic heterocycles. The van der Waals surface area contributed by atoms with Gasteiger partial charge in [0.15, 0.2) is 0 Å². The molecule has 132 valence electrons. The third-order valence-corrected chi connectivity index (χ3v) is 4.97. The number of nitrogens with zero attached hydrogens (tertiary/aromatic N) is 2. The average molecular weight is 341 g/mol. The van der Waals surface area contributed by atoms with Gasteiger partial charge in [-0.1, -0.05) is 6.42 Å². The normalized spacial score (nSPS) is 28.9. The van der Waals surface area contributed by atoms with Crippen LogP contribution in [0.15, 0.2) is 24.5 Å². The number of amides is 1. The second-order valence-electron chi connectivity index (χ2n) is 6.66. The summed E-state index contributed by atoms with van der Waals surface area (Å²) >= 11 is 0. The maximum atomic E-state index is 12.9. The van der Waals surface area contributed by atoms with Crippen LogP contribution in [0.3, 0.4) is 0 Å². The second kappa shape index (κ2) is 7.09. The predicted molar refractivity (Wildman–Crippen MR) is 84.5 cm³/mol. The number of pyridine rings is 1. The number of carbonyl (C=O) groups is 1. The molecule has 1 aliphatic heterocycles. The molecule has 0 radical (unpaired) electrons. The van der Waals surface area contributed by atoms with Gasteiger partial charge in [-0.25, -0.2) is 0 Å². The van der Waals surface area contributed by atoms with E-state index in [0.717, 1.165) is 12.1 Å². The predicted octanol–water partition coefficient (Wildman–Crippen LogP) is 3.29. The summed E-state index contributed by atoms with van der Waals surface area (Å²) in [4.78, 5) is 18.4. The summed E-state index contributed by atoms with van der Waals surface area (Å²) in [5.41, 5.74) is 0.741. The van der Waals surface area contributed by atoms with Crippen LogP contribution in [0.5, 0.6) is 0 Å². The summed E-state index contributed by atoms with van der Waals surface area (Å²) < 4.78 is 38.8. The van der Waals surface area contributed by atoms with Crippen LogP contribution in [0.25, 0.3) is 0 Å². The molecule has 1 amide bonds. The third kappa shape index (κ3) is 3.88. The average Bonchev–Trinajstić information content (AvgIpc) is 2.57. The smallest absolute Gasteiger partial charge is 0.310 e. The highest BCUT2D eigenvalue weighted by Gasteiger charge is 2.43. The minimum absolute atomic E-state index is 0.0663. The van der Waals surface area contributed by atoms with Crippen molar-refractivity contribution < 1.29 is 18.0 Å². The number of carbonyl (C=O) groups excluding carboxylic acids is 1. The molecule has 7 heteroatoms. The van der Waals surface area contributed by atoms with Crippen molar-refractivity contribution in [2.75, 3.05) is 11.4 Å². The lowest BCUT2D eigenvalue weighted by Crippen LogP contribution is -2.54.